The molecule has 0 bridgehead atoms. The SMILES string of the molecule is CCCCS(=O)(=O)N1CCC[C@@H]1C(=O)NCc1ccccc1. The van der Waals surface area contributed by atoms with Crippen LogP contribution in [0.15, 0.2) is 30.3 Å². The van der Waals surface area contributed by atoms with Crippen molar-refractivity contribution in [1.29, 1.82) is 0 Å². The van der Waals surface area contributed by atoms with Crippen molar-refractivity contribution in [2.75, 3.05) is 12.3 Å². The largest absolute Gasteiger partial charge is 0.351 e. The zero-order valence-electron chi connectivity index (χ0n) is 13.0. The van der Waals surface area contributed by atoms with Gasteiger partial charge in [0, 0.05) is 13.1 Å². The van der Waals surface area contributed by atoms with Gasteiger partial charge in [-0.05, 0) is 24.8 Å². The maximum atomic E-state index is 12.3. The molecule has 1 amide bonds. The molecule has 1 atom stereocenters. The van der Waals surface area contributed by atoms with Crippen LogP contribution in [-0.4, -0.2) is 37.0 Å². The number of sulfonamides is 1. The molecule has 1 saturated heterocycles. The zero-order chi connectivity index (χ0) is 16.0. The maximum Gasteiger partial charge on any atom is 0.238 e. The molecule has 0 aliphatic carbocycles. The predicted octanol–water partition coefficient (Wildman–Crippen LogP) is 1.90. The highest BCUT2D eigenvalue weighted by molar-refractivity contribution is 7.89. The number of carbonyl (C=O) groups excluding carboxylic acids is 1. The first-order chi connectivity index (χ1) is 10.5. The van der Waals surface area contributed by atoms with E-state index in [2.05, 4.69) is 5.32 Å². The van der Waals surface area contributed by atoms with Gasteiger partial charge in [-0.25, -0.2) is 8.42 Å². The Balaban J connectivity index is 1.96. The summed E-state index contributed by atoms with van der Waals surface area (Å²) >= 11 is 0. The molecule has 1 aromatic carbocycles. The van der Waals surface area contributed by atoms with E-state index < -0.39 is 16.1 Å². The van der Waals surface area contributed by atoms with Crippen LogP contribution in [0.3, 0.4) is 0 Å². The van der Waals surface area contributed by atoms with Gasteiger partial charge in [0.15, 0.2) is 0 Å². The summed E-state index contributed by atoms with van der Waals surface area (Å²) in [5, 5.41) is 2.85. The van der Waals surface area contributed by atoms with E-state index in [0.717, 1.165) is 18.4 Å². The second-order valence-corrected chi connectivity index (χ2v) is 7.68. The van der Waals surface area contributed by atoms with Crippen LogP contribution in [0.4, 0.5) is 0 Å². The molecule has 0 spiro atoms. The number of nitrogens with zero attached hydrogens (tertiary/aromatic N) is 1. The van der Waals surface area contributed by atoms with Crippen LogP contribution in [-0.2, 0) is 21.4 Å². The van der Waals surface area contributed by atoms with Crippen molar-refractivity contribution >= 4 is 15.9 Å². The molecular weight excluding hydrogens is 300 g/mol. The lowest BCUT2D eigenvalue weighted by Gasteiger charge is -2.23. The number of amides is 1. The van der Waals surface area contributed by atoms with Crippen LogP contribution in [0, 0.1) is 0 Å². The van der Waals surface area contributed by atoms with E-state index in [9.17, 15) is 13.2 Å². The fourth-order valence-corrected chi connectivity index (χ4v) is 4.57. The van der Waals surface area contributed by atoms with E-state index in [1.807, 2.05) is 37.3 Å². The molecule has 0 unspecified atom stereocenters. The van der Waals surface area contributed by atoms with E-state index in [4.69, 9.17) is 0 Å². The minimum Gasteiger partial charge on any atom is -0.351 e. The normalized spacial score (nSPS) is 19.2. The van der Waals surface area contributed by atoms with E-state index in [1.165, 1.54) is 4.31 Å². The Bertz CT molecular complexity index is 587. The van der Waals surface area contributed by atoms with Gasteiger partial charge in [-0.3, -0.25) is 4.79 Å². The molecule has 0 aromatic heterocycles. The standard InChI is InChI=1S/C16H24N2O3S/c1-2-3-12-22(20,21)18-11-7-10-15(18)16(19)17-13-14-8-5-4-6-9-14/h4-6,8-9,15H,2-3,7,10-13H2,1H3,(H,17,19)/t15-/m1/s1. The molecule has 2 rings (SSSR count). The minimum atomic E-state index is -3.33. The number of rotatable bonds is 7. The molecule has 1 N–H and O–H groups in total. The van der Waals surface area contributed by atoms with Crippen LogP contribution < -0.4 is 5.32 Å². The highest BCUT2D eigenvalue weighted by atomic mass is 32.2. The summed E-state index contributed by atoms with van der Waals surface area (Å²) < 4.78 is 26.0. The smallest absolute Gasteiger partial charge is 0.238 e. The van der Waals surface area contributed by atoms with Gasteiger partial charge >= 0.3 is 0 Å². The second kappa shape index (κ2) is 7.74. The highest BCUT2D eigenvalue weighted by Crippen LogP contribution is 2.22. The monoisotopic (exact) mass is 324 g/mol. The lowest BCUT2D eigenvalue weighted by atomic mass is 10.2. The van der Waals surface area contributed by atoms with Gasteiger partial charge in [0.05, 0.1) is 5.75 Å². The average molecular weight is 324 g/mol. The van der Waals surface area contributed by atoms with Crippen molar-refractivity contribution < 1.29 is 13.2 Å². The third-order valence-corrected chi connectivity index (χ3v) is 5.89. The predicted molar refractivity (Wildman–Crippen MR) is 86.7 cm³/mol. The van der Waals surface area contributed by atoms with Crippen LogP contribution in [0.2, 0.25) is 0 Å². The van der Waals surface area contributed by atoms with Crippen LogP contribution in [0.25, 0.3) is 0 Å². The summed E-state index contributed by atoms with van der Waals surface area (Å²) in [5.74, 6) is -0.0622. The van der Waals surface area contributed by atoms with Gasteiger partial charge in [-0.15, -0.1) is 0 Å². The Kier molecular flexibility index (Phi) is 5.97. The number of benzene rings is 1. The van der Waals surface area contributed by atoms with Crippen LogP contribution in [0.1, 0.15) is 38.2 Å². The number of hydrogen-bond acceptors (Lipinski definition) is 3. The lowest BCUT2D eigenvalue weighted by molar-refractivity contribution is -0.124. The number of hydrogen-bond donors (Lipinski definition) is 1. The van der Waals surface area contributed by atoms with Gasteiger partial charge < -0.3 is 5.32 Å². The molecule has 122 valence electrons. The van der Waals surface area contributed by atoms with Crippen molar-refractivity contribution in [2.24, 2.45) is 0 Å². The molecule has 1 aromatic rings. The van der Waals surface area contributed by atoms with Gasteiger partial charge in [0.1, 0.15) is 6.04 Å². The highest BCUT2D eigenvalue weighted by Gasteiger charge is 2.37. The number of unbranched alkanes of at least 4 members (excludes halogenated alkanes) is 1. The molecule has 1 aliphatic rings. The van der Waals surface area contributed by atoms with E-state index >= 15 is 0 Å². The molecular formula is C16H24N2O3S. The lowest BCUT2D eigenvalue weighted by Crippen LogP contribution is -2.46. The first kappa shape index (κ1) is 17.0. The molecule has 1 heterocycles. The summed E-state index contributed by atoms with van der Waals surface area (Å²) in [6.07, 6.45) is 2.82. The van der Waals surface area contributed by atoms with Crippen LogP contribution in [0.5, 0.6) is 0 Å². The zero-order valence-corrected chi connectivity index (χ0v) is 13.8. The Morgan fingerprint density at radius 2 is 2.05 bits per heavy atom. The van der Waals surface area contributed by atoms with Crippen molar-refractivity contribution in [2.45, 2.75) is 45.2 Å². The summed E-state index contributed by atoms with van der Waals surface area (Å²) in [6.45, 7) is 2.85. The quantitative estimate of drug-likeness (QED) is 0.833. The van der Waals surface area contributed by atoms with E-state index in [0.29, 0.717) is 25.9 Å². The number of carbonyl (C=O) groups is 1. The topological polar surface area (TPSA) is 66.5 Å². The molecule has 6 heteroatoms. The van der Waals surface area contributed by atoms with Gasteiger partial charge in [-0.2, -0.15) is 4.31 Å². The Hall–Kier alpha value is -1.40. The summed E-state index contributed by atoms with van der Waals surface area (Å²) in [6, 6.07) is 9.07. The Morgan fingerprint density at radius 1 is 1.32 bits per heavy atom. The molecule has 22 heavy (non-hydrogen) atoms. The number of nitrogens with one attached hydrogen (secondary N) is 1. The van der Waals surface area contributed by atoms with Gasteiger partial charge in [0.25, 0.3) is 0 Å². The first-order valence-electron chi connectivity index (χ1n) is 7.85. The summed E-state index contributed by atoms with van der Waals surface area (Å²) in [4.78, 5) is 12.3. The summed E-state index contributed by atoms with van der Waals surface area (Å²) in [5.41, 5.74) is 1.01. The van der Waals surface area contributed by atoms with Crippen molar-refractivity contribution in [1.82, 2.24) is 9.62 Å². The maximum absolute atomic E-state index is 12.3. The Labute approximate surface area is 132 Å². The van der Waals surface area contributed by atoms with E-state index in [-0.39, 0.29) is 11.7 Å². The van der Waals surface area contributed by atoms with Crippen LogP contribution >= 0.6 is 0 Å². The molecule has 1 fully saturated rings. The third-order valence-electron chi connectivity index (χ3n) is 3.93. The average Bonchev–Trinajstić information content (AvgIpc) is 3.02. The van der Waals surface area contributed by atoms with Crippen molar-refractivity contribution in [3.63, 3.8) is 0 Å². The van der Waals surface area contributed by atoms with Gasteiger partial charge in [-0.1, -0.05) is 43.7 Å². The molecule has 1 aliphatic heterocycles. The minimum absolute atomic E-state index is 0.131. The fraction of sp³-hybridized carbons (Fsp3) is 0.562. The summed E-state index contributed by atoms with van der Waals surface area (Å²) in [7, 11) is -3.33. The van der Waals surface area contributed by atoms with Crippen molar-refractivity contribution in [3.8, 4) is 0 Å². The van der Waals surface area contributed by atoms with E-state index in [1.54, 1.807) is 0 Å². The molecule has 0 radical (unpaired) electrons. The second-order valence-electron chi connectivity index (χ2n) is 5.64. The van der Waals surface area contributed by atoms with Gasteiger partial charge in [0.2, 0.25) is 15.9 Å². The first-order valence-corrected chi connectivity index (χ1v) is 9.46. The Morgan fingerprint density at radius 3 is 2.73 bits per heavy atom. The molecule has 0 saturated carbocycles. The molecule has 5 nitrogen and oxygen atoms in total. The third kappa shape index (κ3) is 4.30. The van der Waals surface area contributed by atoms with Crippen molar-refractivity contribution in [3.05, 3.63) is 35.9 Å². The fourth-order valence-electron chi connectivity index (χ4n) is 2.68.